The number of rotatable bonds is 5. The maximum Gasteiger partial charge on any atom is 0.416 e. The molecule has 1 aromatic carbocycles. The van der Waals surface area contributed by atoms with E-state index >= 15 is 0 Å². The van der Waals surface area contributed by atoms with Gasteiger partial charge >= 0.3 is 6.18 Å². The van der Waals surface area contributed by atoms with Crippen molar-refractivity contribution >= 4 is 35.2 Å². The van der Waals surface area contributed by atoms with Gasteiger partial charge in [-0.3, -0.25) is 9.78 Å². The van der Waals surface area contributed by atoms with Gasteiger partial charge in [0, 0.05) is 30.8 Å². The van der Waals surface area contributed by atoms with Gasteiger partial charge in [-0.15, -0.1) is 0 Å². The van der Waals surface area contributed by atoms with E-state index < -0.39 is 36.9 Å². The summed E-state index contributed by atoms with van der Waals surface area (Å²) in [5.41, 5.74) is 0.836. The number of carbonyl (C=O) groups excluding carboxylic acids is 1. The number of hydrogen-bond acceptors (Lipinski definition) is 7. The molecule has 8 nitrogen and oxygen atoms in total. The molecule has 1 fully saturated rings. The zero-order valence-corrected chi connectivity index (χ0v) is 21.9. The predicted molar refractivity (Wildman–Crippen MR) is 136 cm³/mol. The first-order valence-electron chi connectivity index (χ1n) is 11.9. The topological polar surface area (TPSA) is 108 Å². The number of hydrogen-bond donors (Lipinski definition) is 2. The molecule has 0 saturated carbocycles. The van der Waals surface area contributed by atoms with E-state index in [1.54, 1.807) is 26.0 Å². The second-order valence-corrected chi connectivity index (χ2v) is 12.5. The third kappa shape index (κ3) is 5.48. The van der Waals surface area contributed by atoms with E-state index in [0.29, 0.717) is 33.5 Å². The van der Waals surface area contributed by atoms with Crippen LogP contribution in [0.2, 0.25) is 0 Å². The van der Waals surface area contributed by atoms with Gasteiger partial charge in [0.05, 0.1) is 23.3 Å². The molecule has 0 bridgehead atoms. The van der Waals surface area contributed by atoms with E-state index in [2.05, 4.69) is 20.3 Å². The maximum atomic E-state index is 13.8. The molecule has 2 N–H and O–H groups in total. The molecule has 1 aliphatic rings. The van der Waals surface area contributed by atoms with Crippen LogP contribution in [0.15, 0.2) is 30.5 Å². The number of nitrogens with one attached hydrogen (secondary N) is 1. The van der Waals surface area contributed by atoms with Gasteiger partial charge in [-0.2, -0.15) is 13.2 Å². The molecule has 1 aliphatic heterocycles. The normalized spacial score (nSPS) is 17.5. The van der Waals surface area contributed by atoms with Gasteiger partial charge in [-0.25, -0.2) is 9.97 Å². The molecule has 0 radical (unpaired) electrons. The summed E-state index contributed by atoms with van der Waals surface area (Å²) in [5, 5.41) is 13.4. The number of aliphatic hydroxyl groups excluding tert-OH is 1. The van der Waals surface area contributed by atoms with Crippen LogP contribution >= 0.6 is 7.14 Å². The lowest BCUT2D eigenvalue weighted by molar-refractivity contribution is -0.139. The lowest BCUT2D eigenvalue weighted by Crippen LogP contribution is -2.45. The highest BCUT2D eigenvalue weighted by Crippen LogP contribution is 2.46. The van der Waals surface area contributed by atoms with Crippen molar-refractivity contribution in [1.29, 1.82) is 0 Å². The summed E-state index contributed by atoms with van der Waals surface area (Å²) in [7, 11) is -2.93. The molecular weight excluding hydrogens is 506 g/mol. The third-order valence-electron chi connectivity index (χ3n) is 6.73. The average molecular weight is 536 g/mol. The fraction of sp³-hybridized carbons (Fsp3) is 0.440. The molecule has 0 unspecified atom stereocenters. The van der Waals surface area contributed by atoms with Crippen molar-refractivity contribution in [2.24, 2.45) is 0 Å². The number of aryl methyl sites for hydroxylation is 1. The second-order valence-electron chi connectivity index (χ2n) is 9.40. The summed E-state index contributed by atoms with van der Waals surface area (Å²) < 4.78 is 54.1. The van der Waals surface area contributed by atoms with Gasteiger partial charge in [0.1, 0.15) is 30.3 Å². The zero-order chi connectivity index (χ0) is 27.1. The van der Waals surface area contributed by atoms with Gasteiger partial charge in [0.15, 0.2) is 0 Å². The van der Waals surface area contributed by atoms with E-state index in [1.807, 2.05) is 0 Å². The molecule has 37 heavy (non-hydrogen) atoms. The average Bonchev–Trinajstić information content (AvgIpc) is 2.83. The number of fused-ring (bicyclic) bond motifs is 1. The molecule has 3 aromatic rings. The Bertz CT molecular complexity index is 1380. The van der Waals surface area contributed by atoms with Crippen molar-refractivity contribution in [1.82, 2.24) is 19.9 Å². The van der Waals surface area contributed by atoms with Crippen LogP contribution in [0, 0.1) is 13.8 Å². The van der Waals surface area contributed by atoms with E-state index in [4.69, 9.17) is 0 Å². The van der Waals surface area contributed by atoms with Crippen molar-refractivity contribution in [2.75, 3.05) is 30.7 Å². The number of benzene rings is 1. The standard InChI is InChI=1S/C25H29F3N5O3P/c1-14-18(6-5-7-20(14)25(26,27)28)15(2)30-23-19-12-22(29-13-21(19)31-17(4)32-23)37(36)10-8-33(9-11-37)24(35)16(3)34/h5-7,12-13,15-16,34H,8-11H2,1-4H3,(H,30,31,32)/t15-,16+/m1/s1. The van der Waals surface area contributed by atoms with Gasteiger partial charge in [0.25, 0.3) is 5.91 Å². The monoisotopic (exact) mass is 535 g/mol. The second kappa shape index (κ2) is 10.0. The number of amides is 1. The maximum absolute atomic E-state index is 13.8. The molecule has 0 aliphatic carbocycles. The zero-order valence-electron chi connectivity index (χ0n) is 21.0. The minimum atomic E-state index is -4.46. The molecule has 4 rings (SSSR count). The SMILES string of the molecule is Cc1nc(N[C@H](C)c2cccc(C(F)(F)F)c2C)c2cc(P3(=O)CCN(C(=O)[C@H](C)O)CC3)ncc2n1. The van der Waals surface area contributed by atoms with Crippen molar-refractivity contribution in [3.05, 3.63) is 53.0 Å². The number of aromatic nitrogens is 3. The molecule has 1 saturated heterocycles. The van der Waals surface area contributed by atoms with Crippen LogP contribution in [0.25, 0.3) is 10.9 Å². The van der Waals surface area contributed by atoms with E-state index in [1.165, 1.54) is 31.0 Å². The highest BCUT2D eigenvalue weighted by Gasteiger charge is 2.35. The number of alkyl halides is 3. The Hall–Kier alpha value is -3.04. The summed E-state index contributed by atoms with van der Waals surface area (Å²) in [6.07, 6.45) is -3.58. The van der Waals surface area contributed by atoms with Gasteiger partial charge in [-0.05, 0) is 51.0 Å². The number of nitrogens with zero attached hydrogens (tertiary/aromatic N) is 4. The van der Waals surface area contributed by atoms with Gasteiger partial charge in [0.2, 0.25) is 0 Å². The van der Waals surface area contributed by atoms with Crippen molar-refractivity contribution < 1.29 is 27.6 Å². The van der Waals surface area contributed by atoms with Crippen molar-refractivity contribution in [3.63, 3.8) is 0 Å². The van der Waals surface area contributed by atoms with Crippen molar-refractivity contribution in [3.8, 4) is 0 Å². The number of carbonyl (C=O) groups is 1. The molecule has 12 heteroatoms. The Morgan fingerprint density at radius 3 is 2.46 bits per heavy atom. The number of halogens is 3. The van der Waals surface area contributed by atoms with E-state index in [9.17, 15) is 27.6 Å². The largest absolute Gasteiger partial charge is 0.416 e. The van der Waals surface area contributed by atoms with Crippen LogP contribution in [0.3, 0.4) is 0 Å². The molecule has 0 spiro atoms. The fourth-order valence-corrected chi connectivity index (χ4v) is 7.13. The summed E-state index contributed by atoms with van der Waals surface area (Å²) in [4.78, 5) is 26.9. The number of pyridine rings is 1. The summed E-state index contributed by atoms with van der Waals surface area (Å²) in [6, 6.07) is 5.25. The Morgan fingerprint density at radius 2 is 1.84 bits per heavy atom. The smallest absolute Gasteiger partial charge is 0.384 e. The Kier molecular flexibility index (Phi) is 7.32. The van der Waals surface area contributed by atoms with Crippen LogP contribution in [-0.2, 0) is 15.5 Å². The van der Waals surface area contributed by atoms with Crippen LogP contribution in [0.5, 0.6) is 0 Å². The molecule has 3 heterocycles. The predicted octanol–water partition coefficient (Wildman–Crippen LogP) is 4.04. The summed E-state index contributed by atoms with van der Waals surface area (Å²) >= 11 is 0. The summed E-state index contributed by atoms with van der Waals surface area (Å²) in [5.74, 6) is 0.464. The van der Waals surface area contributed by atoms with E-state index in [0.717, 1.165) is 6.07 Å². The molecule has 2 atom stereocenters. The number of anilines is 1. The lowest BCUT2D eigenvalue weighted by atomic mass is 9.97. The Labute approximate surface area is 212 Å². The quantitative estimate of drug-likeness (QED) is 0.475. The third-order valence-corrected chi connectivity index (χ3v) is 9.65. The highest BCUT2D eigenvalue weighted by atomic mass is 31.2. The Morgan fingerprint density at radius 1 is 1.16 bits per heavy atom. The van der Waals surface area contributed by atoms with Crippen LogP contribution in [0.4, 0.5) is 19.0 Å². The van der Waals surface area contributed by atoms with Crippen molar-refractivity contribution in [2.45, 2.75) is 46.0 Å². The van der Waals surface area contributed by atoms with E-state index in [-0.39, 0.29) is 31.0 Å². The molecular formula is C25H29F3N5O3P. The minimum absolute atomic E-state index is 0.135. The fourth-order valence-electron chi connectivity index (χ4n) is 4.68. The Balaban J connectivity index is 1.66. The van der Waals surface area contributed by atoms with Gasteiger partial charge < -0.3 is 19.9 Å². The first-order chi connectivity index (χ1) is 17.3. The lowest BCUT2D eigenvalue weighted by Gasteiger charge is -2.32. The van der Waals surface area contributed by atoms with Crippen LogP contribution < -0.4 is 10.8 Å². The molecule has 2 aromatic heterocycles. The molecule has 1 amide bonds. The first kappa shape index (κ1) is 27.0. The number of aliphatic hydroxyl groups is 1. The first-order valence-corrected chi connectivity index (χ1v) is 14.0. The van der Waals surface area contributed by atoms with Gasteiger partial charge in [-0.1, -0.05) is 12.1 Å². The minimum Gasteiger partial charge on any atom is -0.384 e. The molecule has 198 valence electrons. The summed E-state index contributed by atoms with van der Waals surface area (Å²) in [6.45, 7) is 6.81. The van der Waals surface area contributed by atoms with Crippen LogP contribution in [0.1, 0.15) is 42.4 Å². The van der Waals surface area contributed by atoms with Crippen LogP contribution in [-0.4, -0.2) is 62.4 Å². The highest BCUT2D eigenvalue weighted by molar-refractivity contribution is 7.71.